The summed E-state index contributed by atoms with van der Waals surface area (Å²) in [5, 5.41) is 0. The van der Waals surface area contributed by atoms with E-state index in [0.29, 0.717) is 6.54 Å². The zero-order valence-electron chi connectivity index (χ0n) is 11.5. The van der Waals surface area contributed by atoms with Gasteiger partial charge >= 0.3 is 0 Å². The third-order valence-electron chi connectivity index (χ3n) is 3.07. The Morgan fingerprint density at radius 1 is 1.14 bits per heavy atom. The van der Waals surface area contributed by atoms with Crippen LogP contribution in [-0.2, 0) is 16.6 Å². The maximum absolute atomic E-state index is 13.1. The molecule has 0 N–H and O–H groups in total. The molecular formula is C15H15BrFNO2S. The van der Waals surface area contributed by atoms with Crippen LogP contribution in [0.5, 0.6) is 0 Å². The van der Waals surface area contributed by atoms with Crippen LogP contribution in [0.25, 0.3) is 0 Å². The van der Waals surface area contributed by atoms with E-state index in [0.717, 1.165) is 17.7 Å². The number of hydrogen-bond donors (Lipinski definition) is 0. The number of halogens is 2. The van der Waals surface area contributed by atoms with Crippen molar-refractivity contribution < 1.29 is 12.8 Å². The van der Waals surface area contributed by atoms with Crippen molar-refractivity contribution in [3.05, 3.63) is 64.4 Å². The van der Waals surface area contributed by atoms with Crippen LogP contribution in [0.1, 0.15) is 12.5 Å². The Hall–Kier alpha value is -1.24. The molecule has 0 aliphatic rings. The Balaban J connectivity index is 2.36. The van der Waals surface area contributed by atoms with E-state index in [1.165, 1.54) is 10.4 Å². The lowest BCUT2D eigenvalue weighted by Crippen LogP contribution is -2.30. The van der Waals surface area contributed by atoms with Crippen LogP contribution in [0.15, 0.2) is 57.9 Å². The highest BCUT2D eigenvalue weighted by molar-refractivity contribution is 9.10. The first-order valence-electron chi connectivity index (χ1n) is 6.44. The molecule has 0 heterocycles. The van der Waals surface area contributed by atoms with E-state index in [9.17, 15) is 12.8 Å². The van der Waals surface area contributed by atoms with Crippen molar-refractivity contribution in [3.63, 3.8) is 0 Å². The fraction of sp³-hybridized carbons (Fsp3) is 0.200. The predicted octanol–water partition coefficient (Wildman–Crippen LogP) is 3.80. The van der Waals surface area contributed by atoms with E-state index < -0.39 is 15.8 Å². The minimum atomic E-state index is -3.68. The molecule has 0 unspecified atom stereocenters. The minimum absolute atomic E-state index is 0.0710. The first-order chi connectivity index (χ1) is 9.95. The van der Waals surface area contributed by atoms with Gasteiger partial charge in [-0.3, -0.25) is 0 Å². The molecule has 0 aliphatic carbocycles. The first-order valence-corrected chi connectivity index (χ1v) is 8.67. The van der Waals surface area contributed by atoms with Crippen LogP contribution in [0.3, 0.4) is 0 Å². The fourth-order valence-corrected chi connectivity index (χ4v) is 4.42. The van der Waals surface area contributed by atoms with Gasteiger partial charge in [0.05, 0.1) is 4.90 Å². The van der Waals surface area contributed by atoms with E-state index in [1.807, 2.05) is 30.3 Å². The first kappa shape index (κ1) is 16.1. The van der Waals surface area contributed by atoms with Gasteiger partial charge in [-0.25, -0.2) is 12.8 Å². The molecule has 112 valence electrons. The molecule has 2 aromatic carbocycles. The normalized spacial score (nSPS) is 11.8. The van der Waals surface area contributed by atoms with Gasteiger partial charge in [0, 0.05) is 17.6 Å². The lowest BCUT2D eigenvalue weighted by molar-refractivity contribution is 0.423. The van der Waals surface area contributed by atoms with Crippen LogP contribution in [0, 0.1) is 5.82 Å². The van der Waals surface area contributed by atoms with Gasteiger partial charge in [-0.15, -0.1) is 0 Å². The van der Waals surface area contributed by atoms with Crippen molar-refractivity contribution >= 4 is 26.0 Å². The van der Waals surface area contributed by atoms with Gasteiger partial charge in [-0.05, 0) is 39.7 Å². The smallest absolute Gasteiger partial charge is 0.207 e. The van der Waals surface area contributed by atoms with E-state index in [4.69, 9.17) is 0 Å². The summed E-state index contributed by atoms with van der Waals surface area (Å²) in [6.07, 6.45) is 0. The number of benzene rings is 2. The van der Waals surface area contributed by atoms with Gasteiger partial charge in [0.25, 0.3) is 0 Å². The Kier molecular flexibility index (Phi) is 5.13. The quantitative estimate of drug-likeness (QED) is 0.801. The SMILES string of the molecule is CCN(Cc1ccccc1)S(=O)(=O)c1ccc(F)cc1Br. The Morgan fingerprint density at radius 3 is 2.38 bits per heavy atom. The molecule has 0 bridgehead atoms. The number of hydrogen-bond acceptors (Lipinski definition) is 2. The van der Waals surface area contributed by atoms with Crippen LogP contribution in [0.2, 0.25) is 0 Å². The van der Waals surface area contributed by atoms with E-state index >= 15 is 0 Å². The van der Waals surface area contributed by atoms with Crippen LogP contribution in [-0.4, -0.2) is 19.3 Å². The summed E-state index contributed by atoms with van der Waals surface area (Å²) in [5.74, 6) is -0.480. The maximum atomic E-state index is 13.1. The zero-order chi connectivity index (χ0) is 15.5. The van der Waals surface area contributed by atoms with Gasteiger partial charge in [0.2, 0.25) is 10.0 Å². The fourth-order valence-electron chi connectivity index (χ4n) is 1.98. The van der Waals surface area contributed by atoms with Crippen molar-refractivity contribution in [1.29, 1.82) is 0 Å². The molecule has 21 heavy (non-hydrogen) atoms. The second kappa shape index (κ2) is 6.68. The molecule has 2 rings (SSSR count). The lowest BCUT2D eigenvalue weighted by atomic mass is 10.2. The molecule has 0 aromatic heterocycles. The van der Waals surface area contributed by atoms with E-state index in [-0.39, 0.29) is 15.9 Å². The second-order valence-corrected chi connectivity index (χ2v) is 7.25. The summed E-state index contributed by atoms with van der Waals surface area (Å²) in [6, 6.07) is 12.9. The molecule has 0 saturated carbocycles. The summed E-state index contributed by atoms with van der Waals surface area (Å²) in [7, 11) is -3.68. The molecule has 0 atom stereocenters. The molecule has 0 fully saturated rings. The van der Waals surface area contributed by atoms with Crippen molar-refractivity contribution in [2.24, 2.45) is 0 Å². The van der Waals surface area contributed by atoms with E-state index in [2.05, 4.69) is 15.9 Å². The minimum Gasteiger partial charge on any atom is -0.207 e. The predicted molar refractivity (Wildman–Crippen MR) is 83.8 cm³/mol. The number of nitrogens with zero attached hydrogens (tertiary/aromatic N) is 1. The monoisotopic (exact) mass is 371 g/mol. The highest BCUT2D eigenvalue weighted by atomic mass is 79.9. The maximum Gasteiger partial charge on any atom is 0.244 e. The third kappa shape index (κ3) is 3.70. The number of rotatable bonds is 5. The van der Waals surface area contributed by atoms with Crippen molar-refractivity contribution in [1.82, 2.24) is 4.31 Å². The molecule has 0 aliphatic heterocycles. The average Bonchev–Trinajstić information content (AvgIpc) is 2.45. The largest absolute Gasteiger partial charge is 0.244 e. The van der Waals surface area contributed by atoms with Gasteiger partial charge in [0.1, 0.15) is 5.82 Å². The molecule has 0 amide bonds. The molecule has 2 aromatic rings. The van der Waals surface area contributed by atoms with Gasteiger partial charge in [0.15, 0.2) is 0 Å². The van der Waals surface area contributed by atoms with Crippen LogP contribution < -0.4 is 0 Å². The standard InChI is InChI=1S/C15H15BrFNO2S/c1-2-18(11-12-6-4-3-5-7-12)21(19,20)15-9-8-13(17)10-14(15)16/h3-10H,2,11H2,1H3. The summed E-state index contributed by atoms with van der Waals surface area (Å²) < 4.78 is 40.1. The second-order valence-electron chi connectivity index (χ2n) is 4.49. The van der Waals surface area contributed by atoms with E-state index in [1.54, 1.807) is 6.92 Å². The summed E-state index contributed by atoms with van der Waals surface area (Å²) >= 11 is 3.12. The highest BCUT2D eigenvalue weighted by Gasteiger charge is 2.25. The Morgan fingerprint density at radius 2 is 1.81 bits per heavy atom. The topological polar surface area (TPSA) is 37.4 Å². The molecule has 0 spiro atoms. The van der Waals surface area contributed by atoms with Crippen molar-refractivity contribution in [3.8, 4) is 0 Å². The molecular weight excluding hydrogens is 357 g/mol. The molecule has 0 radical (unpaired) electrons. The lowest BCUT2D eigenvalue weighted by Gasteiger charge is -2.21. The van der Waals surface area contributed by atoms with Crippen LogP contribution >= 0.6 is 15.9 Å². The Bertz CT molecular complexity index is 720. The van der Waals surface area contributed by atoms with Crippen molar-refractivity contribution in [2.45, 2.75) is 18.4 Å². The summed E-state index contributed by atoms with van der Waals surface area (Å²) in [5.41, 5.74) is 0.904. The van der Waals surface area contributed by atoms with Crippen LogP contribution in [0.4, 0.5) is 4.39 Å². The third-order valence-corrected chi connectivity index (χ3v) is 5.96. The zero-order valence-corrected chi connectivity index (χ0v) is 13.9. The van der Waals surface area contributed by atoms with Gasteiger partial charge in [-0.2, -0.15) is 4.31 Å². The van der Waals surface area contributed by atoms with Gasteiger partial charge in [-0.1, -0.05) is 37.3 Å². The highest BCUT2D eigenvalue weighted by Crippen LogP contribution is 2.26. The van der Waals surface area contributed by atoms with Gasteiger partial charge < -0.3 is 0 Å². The molecule has 6 heteroatoms. The average molecular weight is 372 g/mol. The molecule has 3 nitrogen and oxygen atoms in total. The molecule has 0 saturated heterocycles. The summed E-state index contributed by atoms with van der Waals surface area (Å²) in [4.78, 5) is 0.0710. The number of sulfonamides is 1. The summed E-state index contributed by atoms with van der Waals surface area (Å²) in [6.45, 7) is 2.39. The van der Waals surface area contributed by atoms with Crippen molar-refractivity contribution in [2.75, 3.05) is 6.54 Å². The Labute approximate surface area is 132 Å².